The first-order valence-corrected chi connectivity index (χ1v) is 13.4. The van der Waals surface area contributed by atoms with Crippen LogP contribution in [-0.2, 0) is 18.4 Å². The lowest BCUT2D eigenvalue weighted by molar-refractivity contribution is -0.158. The molecule has 0 atom stereocenters. The van der Waals surface area contributed by atoms with Crippen molar-refractivity contribution < 1.29 is 9.18 Å². The van der Waals surface area contributed by atoms with Gasteiger partial charge in [0.25, 0.3) is 5.91 Å². The van der Waals surface area contributed by atoms with E-state index in [1.54, 1.807) is 6.20 Å². The quantitative estimate of drug-likeness (QED) is 0.666. The number of amides is 1. The van der Waals surface area contributed by atoms with Gasteiger partial charge in [0.1, 0.15) is 5.67 Å². The average molecular weight is 469 g/mol. The van der Waals surface area contributed by atoms with E-state index in [4.69, 9.17) is 4.98 Å². The molecule has 0 radical (unpaired) electrons. The van der Waals surface area contributed by atoms with Crippen molar-refractivity contribution in [2.75, 3.05) is 13.1 Å². The molecule has 7 rings (SSSR count). The van der Waals surface area contributed by atoms with Crippen molar-refractivity contribution in [3.63, 3.8) is 0 Å². The Hall–Kier alpha value is -1.86. The summed E-state index contributed by atoms with van der Waals surface area (Å²) in [6, 6.07) is 3.95. The van der Waals surface area contributed by atoms with Crippen LogP contribution in [-0.4, -0.2) is 45.6 Å². The molecule has 3 heterocycles. The van der Waals surface area contributed by atoms with Crippen LogP contribution >= 0.6 is 11.3 Å². The van der Waals surface area contributed by atoms with Crippen molar-refractivity contribution in [1.82, 2.24) is 20.2 Å². The van der Waals surface area contributed by atoms with E-state index in [-0.39, 0.29) is 17.4 Å². The molecule has 0 unspecified atom stereocenters. The second-order valence-electron chi connectivity index (χ2n) is 11.0. The van der Waals surface area contributed by atoms with E-state index in [0.29, 0.717) is 24.8 Å². The minimum absolute atomic E-state index is 0.0105. The van der Waals surface area contributed by atoms with Crippen molar-refractivity contribution in [3.05, 3.63) is 45.2 Å². The maximum Gasteiger partial charge on any atom is 0.253 e. The third-order valence-corrected chi connectivity index (χ3v) is 9.92. The molecule has 0 saturated heterocycles. The van der Waals surface area contributed by atoms with E-state index in [2.05, 4.69) is 15.2 Å². The van der Waals surface area contributed by atoms with E-state index >= 15 is 0 Å². The SMILES string of the molecule is Cc1ncccc1C(=O)N[C@H]1CC[C@H](CCN2CCc3sc(C45CC(F)(C4)C5)nc3C2)CC1. The number of thiazole rings is 1. The minimum atomic E-state index is -0.849. The van der Waals surface area contributed by atoms with Crippen LogP contribution in [0.25, 0.3) is 0 Å². The summed E-state index contributed by atoms with van der Waals surface area (Å²) in [6.07, 6.45) is 10.7. The highest BCUT2D eigenvalue weighted by molar-refractivity contribution is 7.12. The molecular weight excluding hydrogens is 435 g/mol. The van der Waals surface area contributed by atoms with Gasteiger partial charge in [-0.05, 0) is 89.3 Å². The molecule has 2 aromatic heterocycles. The third kappa shape index (κ3) is 4.01. The van der Waals surface area contributed by atoms with Gasteiger partial charge in [0, 0.05) is 41.3 Å². The first-order valence-electron chi connectivity index (χ1n) is 12.5. The van der Waals surface area contributed by atoms with Crippen LogP contribution in [0.4, 0.5) is 4.39 Å². The molecule has 5 aliphatic rings. The van der Waals surface area contributed by atoms with Crippen LogP contribution in [0.2, 0.25) is 0 Å². The smallest absolute Gasteiger partial charge is 0.253 e. The molecule has 4 saturated carbocycles. The molecule has 4 aliphatic carbocycles. The van der Waals surface area contributed by atoms with Crippen LogP contribution in [0.5, 0.6) is 0 Å². The highest BCUT2D eigenvalue weighted by atomic mass is 32.1. The van der Waals surface area contributed by atoms with E-state index in [1.165, 1.54) is 34.8 Å². The van der Waals surface area contributed by atoms with Crippen LogP contribution in [0, 0.1) is 12.8 Å². The van der Waals surface area contributed by atoms with Gasteiger partial charge in [-0.15, -0.1) is 11.3 Å². The third-order valence-electron chi connectivity index (χ3n) is 8.51. The number of pyridine rings is 1. The summed E-state index contributed by atoms with van der Waals surface area (Å²) in [5.41, 5.74) is 1.99. The maximum absolute atomic E-state index is 13.9. The molecule has 5 nitrogen and oxygen atoms in total. The summed E-state index contributed by atoms with van der Waals surface area (Å²) in [6.45, 7) is 5.08. The Balaban J connectivity index is 0.954. The lowest BCUT2D eigenvalue weighted by Gasteiger charge is -2.64. The largest absolute Gasteiger partial charge is 0.349 e. The van der Waals surface area contributed by atoms with Crippen LogP contribution in [0.15, 0.2) is 18.3 Å². The van der Waals surface area contributed by atoms with Crippen molar-refractivity contribution in [1.29, 1.82) is 0 Å². The minimum Gasteiger partial charge on any atom is -0.349 e. The van der Waals surface area contributed by atoms with Gasteiger partial charge >= 0.3 is 0 Å². The second kappa shape index (κ2) is 8.12. The fraction of sp³-hybridized carbons (Fsp3) is 0.654. The van der Waals surface area contributed by atoms with Gasteiger partial charge in [0.05, 0.1) is 16.3 Å². The molecule has 7 heteroatoms. The molecule has 2 bridgehead atoms. The Bertz CT molecular complexity index is 1040. The van der Waals surface area contributed by atoms with Gasteiger partial charge < -0.3 is 5.32 Å². The summed E-state index contributed by atoms with van der Waals surface area (Å²) in [5.74, 6) is 0.753. The molecule has 4 fully saturated rings. The Morgan fingerprint density at radius 1 is 1.27 bits per heavy atom. The van der Waals surface area contributed by atoms with Crippen LogP contribution < -0.4 is 5.32 Å². The highest BCUT2D eigenvalue weighted by Gasteiger charge is 2.71. The van der Waals surface area contributed by atoms with E-state index < -0.39 is 5.67 Å². The van der Waals surface area contributed by atoms with Gasteiger partial charge in [-0.25, -0.2) is 9.37 Å². The molecule has 1 N–H and O–H groups in total. The zero-order chi connectivity index (χ0) is 22.6. The van der Waals surface area contributed by atoms with Gasteiger partial charge in [-0.1, -0.05) is 0 Å². The van der Waals surface area contributed by atoms with Gasteiger partial charge in [-0.3, -0.25) is 14.7 Å². The predicted molar refractivity (Wildman–Crippen MR) is 127 cm³/mol. The zero-order valence-corrected chi connectivity index (χ0v) is 20.2. The molecule has 176 valence electrons. The van der Waals surface area contributed by atoms with Crippen LogP contribution in [0.1, 0.15) is 83.0 Å². The molecular formula is C26H33FN4OS. The summed E-state index contributed by atoms with van der Waals surface area (Å²) in [4.78, 5) is 25.8. The summed E-state index contributed by atoms with van der Waals surface area (Å²) < 4.78 is 13.9. The number of fused-ring (bicyclic) bond motifs is 1. The highest BCUT2D eigenvalue weighted by Crippen LogP contribution is 2.70. The Morgan fingerprint density at radius 3 is 2.79 bits per heavy atom. The molecule has 1 amide bonds. The number of nitrogens with zero attached hydrogens (tertiary/aromatic N) is 3. The molecule has 1 aliphatic heterocycles. The molecule has 2 aromatic rings. The van der Waals surface area contributed by atoms with Gasteiger partial charge in [0.15, 0.2) is 0 Å². The van der Waals surface area contributed by atoms with Crippen molar-refractivity contribution >= 4 is 17.2 Å². The number of alkyl halides is 1. The van der Waals surface area contributed by atoms with E-state index in [1.807, 2.05) is 30.4 Å². The summed E-state index contributed by atoms with van der Waals surface area (Å²) in [7, 11) is 0. The standard InChI is InChI=1S/C26H33FN4OS/c1-17-20(3-2-10-28-17)23(32)29-19-6-4-18(5-7-19)8-11-31-12-9-22-21(13-31)30-24(33-22)25-14-26(27,15-25)16-25/h2-3,10,18-19H,4-9,11-16H2,1H3,(H,29,32)/t18-,19-,25?,26?. The summed E-state index contributed by atoms with van der Waals surface area (Å²) in [5, 5.41) is 4.44. The Morgan fingerprint density at radius 2 is 2.06 bits per heavy atom. The number of rotatable bonds is 6. The van der Waals surface area contributed by atoms with E-state index in [0.717, 1.165) is 50.5 Å². The van der Waals surface area contributed by atoms with E-state index in [9.17, 15) is 9.18 Å². The fourth-order valence-corrected chi connectivity index (χ4v) is 7.75. The second-order valence-corrected chi connectivity index (χ2v) is 12.1. The molecule has 33 heavy (non-hydrogen) atoms. The molecule has 0 spiro atoms. The number of carbonyl (C=O) groups excluding carboxylic acids is 1. The van der Waals surface area contributed by atoms with Crippen LogP contribution in [0.3, 0.4) is 0 Å². The Kier molecular flexibility index (Phi) is 5.33. The topological polar surface area (TPSA) is 58.1 Å². The fourth-order valence-electron chi connectivity index (χ4n) is 6.51. The van der Waals surface area contributed by atoms with Crippen molar-refractivity contribution in [2.24, 2.45) is 5.92 Å². The number of aryl methyl sites for hydroxylation is 1. The number of aromatic nitrogens is 2. The first-order chi connectivity index (χ1) is 15.9. The van der Waals surface area contributed by atoms with Crippen molar-refractivity contribution in [2.45, 2.75) is 88.4 Å². The first kappa shape index (κ1) is 21.7. The number of hydrogen-bond donors (Lipinski definition) is 1. The van der Waals surface area contributed by atoms with Crippen molar-refractivity contribution in [3.8, 4) is 0 Å². The van der Waals surface area contributed by atoms with Gasteiger partial charge in [0.2, 0.25) is 0 Å². The normalized spacial score (nSPS) is 33.0. The number of hydrogen-bond acceptors (Lipinski definition) is 5. The Labute approximate surface area is 199 Å². The average Bonchev–Trinajstić information content (AvgIpc) is 3.19. The summed E-state index contributed by atoms with van der Waals surface area (Å²) >= 11 is 1.86. The number of carbonyl (C=O) groups is 1. The zero-order valence-electron chi connectivity index (χ0n) is 19.4. The maximum atomic E-state index is 13.9. The lowest BCUT2D eigenvalue weighted by atomic mass is 9.42. The number of halogens is 1. The monoisotopic (exact) mass is 468 g/mol. The lowest BCUT2D eigenvalue weighted by Crippen LogP contribution is -2.67. The van der Waals surface area contributed by atoms with Gasteiger partial charge in [-0.2, -0.15) is 0 Å². The number of nitrogens with one attached hydrogen (secondary N) is 1. The molecule has 0 aromatic carbocycles. The predicted octanol–water partition coefficient (Wildman–Crippen LogP) is 4.73.